The van der Waals surface area contributed by atoms with E-state index in [0.717, 1.165) is 5.56 Å². The molecule has 0 fully saturated rings. The Morgan fingerprint density at radius 1 is 1.33 bits per heavy atom. The van der Waals surface area contributed by atoms with Gasteiger partial charge in [0.1, 0.15) is 5.76 Å². The standard InChI is InChI=1S/C11H8N2O2/c14-8-12-11-7-10(15-13-11)6-9-4-2-1-3-5-9/h1-5,7H,6H2. The van der Waals surface area contributed by atoms with Crippen molar-refractivity contribution in [2.24, 2.45) is 4.99 Å². The van der Waals surface area contributed by atoms with E-state index in [1.807, 2.05) is 30.3 Å². The van der Waals surface area contributed by atoms with Gasteiger partial charge < -0.3 is 4.52 Å². The van der Waals surface area contributed by atoms with Gasteiger partial charge in [-0.15, -0.1) is 4.99 Å². The second kappa shape index (κ2) is 4.35. The van der Waals surface area contributed by atoms with Crippen molar-refractivity contribution in [3.8, 4) is 0 Å². The molecule has 0 spiro atoms. The SMILES string of the molecule is O=C=Nc1cc(Cc2ccccc2)on1. The molecule has 0 N–H and O–H groups in total. The molecule has 1 heterocycles. The van der Waals surface area contributed by atoms with Crippen molar-refractivity contribution in [3.05, 3.63) is 47.7 Å². The van der Waals surface area contributed by atoms with Crippen molar-refractivity contribution in [2.75, 3.05) is 0 Å². The third-order valence-corrected chi connectivity index (χ3v) is 1.93. The normalized spacial score (nSPS) is 9.60. The van der Waals surface area contributed by atoms with Crippen molar-refractivity contribution < 1.29 is 9.32 Å². The van der Waals surface area contributed by atoms with Gasteiger partial charge in [-0.1, -0.05) is 35.5 Å². The zero-order valence-corrected chi connectivity index (χ0v) is 7.88. The van der Waals surface area contributed by atoms with Gasteiger partial charge in [0.15, 0.2) is 0 Å². The molecule has 74 valence electrons. The van der Waals surface area contributed by atoms with Gasteiger partial charge in [-0.25, -0.2) is 4.79 Å². The summed E-state index contributed by atoms with van der Waals surface area (Å²) in [4.78, 5) is 13.3. The highest BCUT2D eigenvalue weighted by Gasteiger charge is 2.03. The van der Waals surface area contributed by atoms with Crippen LogP contribution in [-0.2, 0) is 11.2 Å². The van der Waals surface area contributed by atoms with E-state index in [4.69, 9.17) is 4.52 Å². The molecular weight excluding hydrogens is 192 g/mol. The van der Waals surface area contributed by atoms with Gasteiger partial charge in [-0.05, 0) is 5.56 Å². The van der Waals surface area contributed by atoms with Gasteiger partial charge >= 0.3 is 0 Å². The number of aromatic nitrogens is 1. The van der Waals surface area contributed by atoms with Gasteiger partial charge in [0, 0.05) is 12.5 Å². The van der Waals surface area contributed by atoms with E-state index >= 15 is 0 Å². The van der Waals surface area contributed by atoms with E-state index in [1.165, 1.54) is 6.08 Å². The molecule has 0 aliphatic carbocycles. The van der Waals surface area contributed by atoms with Crippen LogP contribution in [0.5, 0.6) is 0 Å². The molecule has 4 heteroatoms. The smallest absolute Gasteiger partial charge is 0.242 e. The zero-order valence-electron chi connectivity index (χ0n) is 7.88. The summed E-state index contributed by atoms with van der Waals surface area (Å²) in [6.45, 7) is 0. The van der Waals surface area contributed by atoms with E-state index in [1.54, 1.807) is 6.07 Å². The van der Waals surface area contributed by atoms with Crippen LogP contribution in [0, 0.1) is 0 Å². The van der Waals surface area contributed by atoms with E-state index in [9.17, 15) is 4.79 Å². The summed E-state index contributed by atoms with van der Waals surface area (Å²) in [5.41, 5.74) is 1.12. The first-order chi connectivity index (χ1) is 7.38. The first kappa shape index (κ1) is 9.37. The Balaban J connectivity index is 2.15. The highest BCUT2D eigenvalue weighted by molar-refractivity contribution is 5.44. The van der Waals surface area contributed by atoms with Gasteiger partial charge in [0.25, 0.3) is 0 Å². The maximum atomic E-state index is 9.97. The van der Waals surface area contributed by atoms with Gasteiger partial charge in [0.05, 0.1) is 0 Å². The van der Waals surface area contributed by atoms with Crippen LogP contribution in [-0.4, -0.2) is 11.2 Å². The minimum atomic E-state index is 0.260. The van der Waals surface area contributed by atoms with Crippen LogP contribution in [0.2, 0.25) is 0 Å². The number of isocyanates is 1. The van der Waals surface area contributed by atoms with Crippen LogP contribution >= 0.6 is 0 Å². The molecule has 2 rings (SSSR count). The average molecular weight is 200 g/mol. The van der Waals surface area contributed by atoms with Crippen LogP contribution in [0.3, 0.4) is 0 Å². The lowest BCUT2D eigenvalue weighted by Crippen LogP contribution is -1.83. The molecule has 1 aromatic carbocycles. The molecule has 0 aliphatic rings. The van der Waals surface area contributed by atoms with Gasteiger partial charge in [-0.3, -0.25) is 0 Å². The van der Waals surface area contributed by atoms with Gasteiger partial charge in [-0.2, -0.15) is 0 Å². The third kappa shape index (κ3) is 2.39. The molecule has 0 saturated heterocycles. The Hall–Kier alpha value is -2.19. The Morgan fingerprint density at radius 2 is 2.13 bits per heavy atom. The first-order valence-corrected chi connectivity index (χ1v) is 4.46. The van der Waals surface area contributed by atoms with Gasteiger partial charge in [0.2, 0.25) is 11.9 Å². The highest BCUT2D eigenvalue weighted by atomic mass is 16.5. The third-order valence-electron chi connectivity index (χ3n) is 1.93. The van der Waals surface area contributed by atoms with Crippen LogP contribution in [0.1, 0.15) is 11.3 Å². The second-order valence-corrected chi connectivity index (χ2v) is 3.02. The largest absolute Gasteiger partial charge is 0.359 e. The summed E-state index contributed by atoms with van der Waals surface area (Å²) in [5, 5.41) is 3.60. The first-order valence-electron chi connectivity index (χ1n) is 4.46. The average Bonchev–Trinajstić information content (AvgIpc) is 2.68. The number of hydrogen-bond donors (Lipinski definition) is 0. The summed E-state index contributed by atoms with van der Waals surface area (Å²) in [6, 6.07) is 11.5. The number of benzene rings is 1. The van der Waals surface area contributed by atoms with Crippen molar-refractivity contribution in [3.63, 3.8) is 0 Å². The topological polar surface area (TPSA) is 55.5 Å². The molecule has 4 nitrogen and oxygen atoms in total. The fraction of sp³-hybridized carbons (Fsp3) is 0.0909. The fourth-order valence-electron chi connectivity index (χ4n) is 1.28. The molecule has 0 radical (unpaired) electrons. The van der Waals surface area contributed by atoms with Crippen LogP contribution in [0.25, 0.3) is 0 Å². The molecule has 0 unspecified atom stereocenters. The minimum Gasteiger partial charge on any atom is -0.359 e. The summed E-state index contributed by atoms with van der Waals surface area (Å²) in [5.74, 6) is 0.936. The fourth-order valence-corrected chi connectivity index (χ4v) is 1.28. The molecule has 0 amide bonds. The predicted molar refractivity (Wildman–Crippen MR) is 53.5 cm³/mol. The highest BCUT2D eigenvalue weighted by Crippen LogP contribution is 2.15. The minimum absolute atomic E-state index is 0.260. The Bertz CT molecular complexity index is 484. The summed E-state index contributed by atoms with van der Waals surface area (Å²) >= 11 is 0. The van der Waals surface area contributed by atoms with Crippen LogP contribution < -0.4 is 0 Å². The molecular formula is C11H8N2O2. The lowest BCUT2D eigenvalue weighted by atomic mass is 10.1. The van der Waals surface area contributed by atoms with E-state index in [2.05, 4.69) is 10.1 Å². The van der Waals surface area contributed by atoms with Crippen molar-refractivity contribution in [1.29, 1.82) is 0 Å². The van der Waals surface area contributed by atoms with Crippen molar-refractivity contribution in [1.82, 2.24) is 5.16 Å². The molecule has 0 saturated carbocycles. The summed E-state index contributed by atoms with van der Waals surface area (Å²) < 4.78 is 5.00. The van der Waals surface area contributed by atoms with E-state index in [-0.39, 0.29) is 5.82 Å². The van der Waals surface area contributed by atoms with E-state index < -0.39 is 0 Å². The molecule has 15 heavy (non-hydrogen) atoms. The van der Waals surface area contributed by atoms with Crippen molar-refractivity contribution in [2.45, 2.75) is 6.42 Å². The maximum Gasteiger partial charge on any atom is 0.242 e. The number of hydrogen-bond acceptors (Lipinski definition) is 4. The zero-order chi connectivity index (χ0) is 10.5. The second-order valence-electron chi connectivity index (χ2n) is 3.02. The number of aliphatic imine (C=N–C) groups is 1. The quantitative estimate of drug-likeness (QED) is 0.564. The van der Waals surface area contributed by atoms with Crippen molar-refractivity contribution >= 4 is 11.9 Å². The van der Waals surface area contributed by atoms with E-state index in [0.29, 0.717) is 12.2 Å². The number of rotatable bonds is 3. The molecule has 1 aromatic heterocycles. The Kier molecular flexibility index (Phi) is 2.72. The molecule has 2 aromatic rings. The molecule has 0 aliphatic heterocycles. The lowest BCUT2D eigenvalue weighted by Gasteiger charge is -1.94. The number of nitrogens with zero attached hydrogens (tertiary/aromatic N) is 2. The lowest BCUT2D eigenvalue weighted by molar-refractivity contribution is 0.391. The van der Waals surface area contributed by atoms with Crippen LogP contribution in [0.15, 0.2) is 45.9 Å². The van der Waals surface area contributed by atoms with Crippen LogP contribution in [0.4, 0.5) is 5.82 Å². The Morgan fingerprint density at radius 3 is 2.87 bits per heavy atom. The number of carbonyl (C=O) groups excluding carboxylic acids is 1. The predicted octanol–water partition coefficient (Wildman–Crippen LogP) is 2.23. The summed E-state index contributed by atoms with van der Waals surface area (Å²) in [6.07, 6.45) is 2.05. The molecule has 0 bridgehead atoms. The Labute approximate surface area is 86.2 Å². The monoisotopic (exact) mass is 200 g/mol. The summed E-state index contributed by atoms with van der Waals surface area (Å²) in [7, 11) is 0. The maximum absolute atomic E-state index is 9.97. The molecule has 0 atom stereocenters.